The van der Waals surface area contributed by atoms with Crippen molar-refractivity contribution in [2.75, 3.05) is 7.11 Å². The van der Waals surface area contributed by atoms with Crippen molar-refractivity contribution in [3.05, 3.63) is 30.0 Å². The second-order valence-electron chi connectivity index (χ2n) is 4.83. The van der Waals surface area contributed by atoms with Crippen LogP contribution >= 0.6 is 0 Å². The first-order valence-corrected chi connectivity index (χ1v) is 6.94. The van der Waals surface area contributed by atoms with Crippen LogP contribution in [0, 0.1) is 0 Å². The van der Waals surface area contributed by atoms with E-state index in [1.54, 1.807) is 7.11 Å². The molecule has 0 bridgehead atoms. The Labute approximate surface area is 114 Å². The zero-order valence-corrected chi connectivity index (χ0v) is 12.0. The van der Waals surface area contributed by atoms with Crippen LogP contribution in [0.3, 0.4) is 0 Å². The molecule has 4 nitrogen and oxygen atoms in total. The van der Waals surface area contributed by atoms with E-state index < -0.39 is 0 Å². The van der Waals surface area contributed by atoms with Gasteiger partial charge in [-0.15, -0.1) is 0 Å². The van der Waals surface area contributed by atoms with Gasteiger partial charge in [0.15, 0.2) is 0 Å². The molecule has 19 heavy (non-hydrogen) atoms. The number of aryl methyl sites for hydroxylation is 1. The Balaban J connectivity index is 2.30. The minimum Gasteiger partial charge on any atom is -0.380 e. The van der Waals surface area contributed by atoms with Crippen molar-refractivity contribution in [3.8, 4) is 0 Å². The van der Waals surface area contributed by atoms with Gasteiger partial charge in [-0.25, -0.2) is 0 Å². The lowest BCUT2D eigenvalue weighted by molar-refractivity contribution is 0.0771. The number of nitrogens with two attached hydrogens (primary N) is 1. The fourth-order valence-electron chi connectivity index (χ4n) is 2.59. The average molecular weight is 261 g/mol. The van der Waals surface area contributed by atoms with Gasteiger partial charge in [0.2, 0.25) is 0 Å². The number of fused-ring (bicyclic) bond motifs is 1. The average Bonchev–Trinajstić information content (AvgIpc) is 2.78. The van der Waals surface area contributed by atoms with Crippen LogP contribution in [0.4, 0.5) is 0 Å². The predicted molar refractivity (Wildman–Crippen MR) is 78.2 cm³/mol. The zero-order chi connectivity index (χ0) is 13.8. The van der Waals surface area contributed by atoms with E-state index in [1.807, 2.05) is 16.8 Å². The van der Waals surface area contributed by atoms with E-state index in [-0.39, 0.29) is 12.1 Å². The van der Waals surface area contributed by atoms with Gasteiger partial charge in [0.05, 0.1) is 17.3 Å². The van der Waals surface area contributed by atoms with Crippen LogP contribution in [0.5, 0.6) is 0 Å². The van der Waals surface area contributed by atoms with Crippen molar-refractivity contribution in [2.45, 2.75) is 45.4 Å². The van der Waals surface area contributed by atoms with E-state index in [0.29, 0.717) is 0 Å². The molecule has 0 aliphatic carbocycles. The van der Waals surface area contributed by atoms with Crippen LogP contribution < -0.4 is 5.73 Å². The summed E-state index contributed by atoms with van der Waals surface area (Å²) in [6, 6.07) is 8.30. The molecule has 0 aliphatic rings. The minimum atomic E-state index is -0.0152. The first kappa shape index (κ1) is 14.0. The van der Waals surface area contributed by atoms with Gasteiger partial charge in [0.1, 0.15) is 0 Å². The summed E-state index contributed by atoms with van der Waals surface area (Å²) < 4.78 is 7.45. The largest absolute Gasteiger partial charge is 0.380 e. The summed E-state index contributed by atoms with van der Waals surface area (Å²) in [6.45, 7) is 5.07. The fourth-order valence-corrected chi connectivity index (χ4v) is 2.59. The molecule has 2 aromatic rings. The van der Waals surface area contributed by atoms with Crippen molar-refractivity contribution in [3.63, 3.8) is 0 Å². The van der Waals surface area contributed by atoms with Gasteiger partial charge >= 0.3 is 0 Å². The van der Waals surface area contributed by atoms with Gasteiger partial charge in [-0.1, -0.05) is 25.1 Å². The topological polar surface area (TPSA) is 53.1 Å². The Bertz CT molecular complexity index is 531. The molecule has 1 heterocycles. The third-order valence-electron chi connectivity index (χ3n) is 3.65. The van der Waals surface area contributed by atoms with Crippen molar-refractivity contribution >= 4 is 10.9 Å². The summed E-state index contributed by atoms with van der Waals surface area (Å²) in [4.78, 5) is 0. The number of rotatable bonds is 6. The van der Waals surface area contributed by atoms with Gasteiger partial charge < -0.3 is 10.5 Å². The number of aromatic nitrogens is 2. The zero-order valence-electron chi connectivity index (χ0n) is 12.0. The van der Waals surface area contributed by atoms with Gasteiger partial charge in [0, 0.05) is 31.5 Å². The van der Waals surface area contributed by atoms with Crippen molar-refractivity contribution < 1.29 is 4.74 Å². The Hall–Kier alpha value is -1.39. The Kier molecular flexibility index (Phi) is 4.56. The van der Waals surface area contributed by atoms with Gasteiger partial charge in [0.25, 0.3) is 0 Å². The normalized spacial score (nSPS) is 14.7. The molecule has 2 unspecified atom stereocenters. The highest BCUT2D eigenvalue weighted by Gasteiger charge is 2.19. The molecule has 2 atom stereocenters. The van der Waals surface area contributed by atoms with Crippen molar-refractivity contribution in [2.24, 2.45) is 5.73 Å². The maximum Gasteiger partial charge on any atom is 0.0723 e. The molecule has 0 amide bonds. The smallest absolute Gasteiger partial charge is 0.0723 e. The summed E-state index contributed by atoms with van der Waals surface area (Å²) in [5.74, 6) is 0. The maximum absolute atomic E-state index is 6.24. The number of methoxy groups -OCH3 is 1. The van der Waals surface area contributed by atoms with E-state index >= 15 is 0 Å². The Morgan fingerprint density at radius 2 is 2.05 bits per heavy atom. The molecule has 0 saturated carbocycles. The number of hydrogen-bond donors (Lipinski definition) is 1. The van der Waals surface area contributed by atoms with E-state index in [1.165, 1.54) is 10.9 Å². The monoisotopic (exact) mass is 261 g/mol. The van der Waals surface area contributed by atoms with E-state index in [4.69, 9.17) is 10.5 Å². The highest BCUT2D eigenvalue weighted by atomic mass is 16.5. The first-order chi connectivity index (χ1) is 9.21. The fraction of sp³-hybridized carbons (Fsp3) is 0.533. The van der Waals surface area contributed by atoms with Crippen LogP contribution in [0.25, 0.3) is 10.9 Å². The van der Waals surface area contributed by atoms with Crippen LogP contribution in [0.2, 0.25) is 0 Å². The summed E-state index contributed by atoms with van der Waals surface area (Å²) in [5, 5.41) is 5.88. The summed E-state index contributed by atoms with van der Waals surface area (Å²) in [5.41, 5.74) is 8.49. The SMILES string of the molecule is CCC(OC)C(N)Cc1nn(CC)c2ccccc12. The molecular weight excluding hydrogens is 238 g/mol. The van der Waals surface area contributed by atoms with Gasteiger partial charge in [-0.05, 0) is 19.4 Å². The van der Waals surface area contributed by atoms with Crippen molar-refractivity contribution in [1.82, 2.24) is 9.78 Å². The lowest BCUT2D eigenvalue weighted by Gasteiger charge is -2.20. The molecule has 2 N–H and O–H groups in total. The predicted octanol–water partition coefficient (Wildman–Crippen LogP) is 2.35. The summed E-state index contributed by atoms with van der Waals surface area (Å²) in [6.07, 6.45) is 1.76. The molecule has 2 rings (SSSR count). The summed E-state index contributed by atoms with van der Waals surface area (Å²) in [7, 11) is 1.72. The molecule has 0 spiro atoms. The molecule has 0 fully saturated rings. The number of para-hydroxylation sites is 1. The Morgan fingerprint density at radius 1 is 1.32 bits per heavy atom. The van der Waals surface area contributed by atoms with Crippen LogP contribution in [-0.4, -0.2) is 29.0 Å². The number of ether oxygens (including phenoxy) is 1. The quantitative estimate of drug-likeness (QED) is 0.868. The van der Waals surface area contributed by atoms with Gasteiger partial charge in [-0.2, -0.15) is 5.10 Å². The third-order valence-corrected chi connectivity index (χ3v) is 3.65. The number of nitrogens with zero attached hydrogens (tertiary/aromatic N) is 2. The Morgan fingerprint density at radius 3 is 2.68 bits per heavy atom. The molecular formula is C15H23N3O. The molecule has 1 aromatic heterocycles. The second-order valence-corrected chi connectivity index (χ2v) is 4.83. The maximum atomic E-state index is 6.24. The van der Waals surface area contributed by atoms with Gasteiger partial charge in [-0.3, -0.25) is 4.68 Å². The molecule has 0 radical (unpaired) electrons. The highest BCUT2D eigenvalue weighted by molar-refractivity contribution is 5.82. The van der Waals surface area contributed by atoms with E-state index in [2.05, 4.69) is 31.1 Å². The van der Waals surface area contributed by atoms with E-state index in [0.717, 1.165) is 25.1 Å². The minimum absolute atomic E-state index is 0.0152. The lowest BCUT2D eigenvalue weighted by Crippen LogP contribution is -2.37. The second kappa shape index (κ2) is 6.17. The standard InChI is InChI=1S/C15H23N3O/c1-4-15(19-3)12(16)10-13-11-8-6-7-9-14(11)18(5-2)17-13/h6-9,12,15H,4-5,10,16H2,1-3H3. The third kappa shape index (κ3) is 2.80. The number of hydrogen-bond acceptors (Lipinski definition) is 3. The molecule has 0 saturated heterocycles. The molecule has 104 valence electrons. The molecule has 1 aromatic carbocycles. The first-order valence-electron chi connectivity index (χ1n) is 6.94. The van der Waals surface area contributed by atoms with E-state index in [9.17, 15) is 0 Å². The summed E-state index contributed by atoms with van der Waals surface area (Å²) >= 11 is 0. The van der Waals surface area contributed by atoms with Crippen molar-refractivity contribution in [1.29, 1.82) is 0 Å². The number of benzene rings is 1. The highest BCUT2D eigenvalue weighted by Crippen LogP contribution is 2.20. The lowest BCUT2D eigenvalue weighted by atomic mass is 10.0. The molecule has 0 aliphatic heterocycles. The van der Waals surface area contributed by atoms with Crippen LogP contribution in [-0.2, 0) is 17.7 Å². The van der Waals surface area contributed by atoms with Crippen LogP contribution in [0.1, 0.15) is 26.0 Å². The molecule has 4 heteroatoms. The van der Waals surface area contributed by atoms with Crippen LogP contribution in [0.15, 0.2) is 24.3 Å².